The molecular weight excluding hydrogens is 271 g/mol. The molecule has 2 aromatic rings. The van der Waals surface area contributed by atoms with Gasteiger partial charge in [0.05, 0.1) is 10.7 Å². The molecule has 0 fully saturated rings. The van der Waals surface area contributed by atoms with Gasteiger partial charge in [-0.1, -0.05) is 29.3 Å². The summed E-state index contributed by atoms with van der Waals surface area (Å²) in [5, 5.41) is 11.3. The molecule has 0 saturated heterocycles. The van der Waals surface area contributed by atoms with Gasteiger partial charge in [-0.05, 0) is 29.3 Å². The van der Waals surface area contributed by atoms with Crippen LogP contribution >= 0.6 is 23.2 Å². The third-order valence-corrected chi connectivity index (χ3v) is 3.27. The summed E-state index contributed by atoms with van der Waals surface area (Å²) in [6, 6.07) is 3.37. The van der Waals surface area contributed by atoms with Gasteiger partial charge in [-0.2, -0.15) is 0 Å². The lowest BCUT2D eigenvalue weighted by molar-refractivity contribution is 0.219. The molecule has 0 aromatic carbocycles. The predicted molar refractivity (Wildman–Crippen MR) is 71.5 cm³/mol. The van der Waals surface area contributed by atoms with Crippen molar-refractivity contribution in [1.29, 1.82) is 0 Å². The Balaban J connectivity index is 2.25. The minimum absolute atomic E-state index is 0.347. The standard InChI is InChI=1S/C13H8Cl2N2O/c14-8-3-10-11(16-6-8)2-1-7-5-17-12(15)4-9(7)13(10)18/h1-6,13,18H. The molecule has 1 N–H and O–H groups in total. The number of aliphatic hydroxyl groups is 1. The molecule has 0 saturated carbocycles. The molecule has 0 amide bonds. The molecule has 1 unspecified atom stereocenters. The van der Waals surface area contributed by atoms with Crippen molar-refractivity contribution in [3.8, 4) is 0 Å². The minimum Gasteiger partial charge on any atom is -0.384 e. The summed E-state index contributed by atoms with van der Waals surface area (Å²) < 4.78 is 0. The van der Waals surface area contributed by atoms with E-state index in [1.807, 2.05) is 12.2 Å². The second-order valence-electron chi connectivity index (χ2n) is 4.00. The van der Waals surface area contributed by atoms with E-state index >= 15 is 0 Å². The van der Waals surface area contributed by atoms with E-state index < -0.39 is 6.10 Å². The molecule has 18 heavy (non-hydrogen) atoms. The number of fused-ring (bicyclic) bond motifs is 2. The van der Waals surface area contributed by atoms with Crippen LogP contribution in [0.25, 0.3) is 12.2 Å². The molecule has 1 aliphatic carbocycles. The second kappa shape index (κ2) is 4.35. The highest BCUT2D eigenvalue weighted by molar-refractivity contribution is 6.30. The van der Waals surface area contributed by atoms with Crippen molar-refractivity contribution >= 4 is 35.4 Å². The summed E-state index contributed by atoms with van der Waals surface area (Å²) in [7, 11) is 0. The molecule has 5 heteroatoms. The van der Waals surface area contributed by atoms with Crippen LogP contribution in [-0.4, -0.2) is 15.1 Å². The van der Waals surface area contributed by atoms with Gasteiger partial charge in [-0.25, -0.2) is 4.98 Å². The molecule has 1 aliphatic rings. The molecule has 0 radical (unpaired) electrons. The van der Waals surface area contributed by atoms with Gasteiger partial charge in [-0.15, -0.1) is 0 Å². The number of nitrogens with zero attached hydrogens (tertiary/aromatic N) is 2. The fraction of sp³-hybridized carbons (Fsp3) is 0.0769. The zero-order chi connectivity index (χ0) is 12.7. The normalized spacial score (nSPS) is 16.9. The van der Waals surface area contributed by atoms with Gasteiger partial charge >= 0.3 is 0 Å². The van der Waals surface area contributed by atoms with E-state index in [1.165, 1.54) is 0 Å². The van der Waals surface area contributed by atoms with Crippen LogP contribution in [0.5, 0.6) is 0 Å². The molecule has 0 spiro atoms. The van der Waals surface area contributed by atoms with Crippen molar-refractivity contribution in [2.24, 2.45) is 0 Å². The van der Waals surface area contributed by atoms with Crippen LogP contribution in [0.4, 0.5) is 0 Å². The fourth-order valence-corrected chi connectivity index (χ4v) is 2.32. The van der Waals surface area contributed by atoms with Crippen LogP contribution < -0.4 is 0 Å². The highest BCUT2D eigenvalue weighted by Crippen LogP contribution is 2.33. The minimum atomic E-state index is -0.809. The average molecular weight is 279 g/mol. The van der Waals surface area contributed by atoms with Gasteiger partial charge in [0.25, 0.3) is 0 Å². The highest BCUT2D eigenvalue weighted by atomic mass is 35.5. The average Bonchev–Trinajstić information content (AvgIpc) is 2.49. The summed E-state index contributed by atoms with van der Waals surface area (Å²) in [5.41, 5.74) is 2.88. The van der Waals surface area contributed by atoms with Crippen molar-refractivity contribution in [1.82, 2.24) is 9.97 Å². The van der Waals surface area contributed by atoms with Crippen LogP contribution in [0.15, 0.2) is 24.5 Å². The van der Waals surface area contributed by atoms with Crippen LogP contribution in [0.3, 0.4) is 0 Å². The number of aliphatic hydroxyl groups excluding tert-OH is 1. The van der Waals surface area contributed by atoms with Crippen molar-refractivity contribution in [3.05, 3.63) is 57.1 Å². The Morgan fingerprint density at radius 3 is 2.67 bits per heavy atom. The van der Waals surface area contributed by atoms with E-state index in [9.17, 15) is 5.11 Å². The Hall–Kier alpha value is -1.42. The molecule has 2 aromatic heterocycles. The number of aromatic nitrogens is 2. The Morgan fingerprint density at radius 2 is 1.83 bits per heavy atom. The van der Waals surface area contributed by atoms with Crippen molar-refractivity contribution in [2.45, 2.75) is 6.10 Å². The lowest BCUT2D eigenvalue weighted by atomic mass is 10.0. The third kappa shape index (κ3) is 1.90. The lowest BCUT2D eigenvalue weighted by Crippen LogP contribution is -2.04. The van der Waals surface area contributed by atoms with Crippen molar-refractivity contribution in [3.63, 3.8) is 0 Å². The first-order valence-corrected chi connectivity index (χ1v) is 6.08. The number of halogens is 2. The maximum Gasteiger partial charge on any atom is 0.129 e. The monoisotopic (exact) mass is 278 g/mol. The summed E-state index contributed by atoms with van der Waals surface area (Å²) in [6.45, 7) is 0. The SMILES string of the molecule is OC1c2cc(Cl)ncc2C=Cc2ncc(Cl)cc21. The molecular formula is C13H8Cl2N2O. The van der Waals surface area contributed by atoms with Gasteiger partial charge in [0.1, 0.15) is 11.3 Å². The van der Waals surface area contributed by atoms with Gasteiger partial charge < -0.3 is 5.11 Å². The summed E-state index contributed by atoms with van der Waals surface area (Å²) in [6.07, 6.45) is 6.06. The maximum absolute atomic E-state index is 10.4. The van der Waals surface area contributed by atoms with Gasteiger partial charge in [0.2, 0.25) is 0 Å². The van der Waals surface area contributed by atoms with Crippen LogP contribution in [0.2, 0.25) is 10.2 Å². The number of pyridine rings is 2. The zero-order valence-electron chi connectivity index (χ0n) is 9.14. The lowest BCUT2D eigenvalue weighted by Gasteiger charge is -2.14. The molecule has 0 aliphatic heterocycles. The van der Waals surface area contributed by atoms with Gasteiger partial charge in [0, 0.05) is 18.0 Å². The van der Waals surface area contributed by atoms with E-state index in [0.717, 1.165) is 5.56 Å². The predicted octanol–water partition coefficient (Wildman–Crippen LogP) is 3.35. The van der Waals surface area contributed by atoms with Crippen molar-refractivity contribution in [2.75, 3.05) is 0 Å². The number of hydrogen-bond donors (Lipinski definition) is 1. The molecule has 3 rings (SSSR count). The van der Waals surface area contributed by atoms with E-state index in [4.69, 9.17) is 23.2 Å². The van der Waals surface area contributed by atoms with Crippen molar-refractivity contribution < 1.29 is 5.11 Å². The molecule has 3 nitrogen and oxygen atoms in total. The van der Waals surface area contributed by atoms with E-state index in [2.05, 4.69) is 9.97 Å². The third-order valence-electron chi connectivity index (χ3n) is 2.86. The van der Waals surface area contributed by atoms with E-state index in [0.29, 0.717) is 27.0 Å². The summed E-state index contributed by atoms with van der Waals surface area (Å²) >= 11 is 11.8. The quantitative estimate of drug-likeness (QED) is 0.752. The highest BCUT2D eigenvalue weighted by Gasteiger charge is 2.20. The summed E-state index contributed by atoms with van der Waals surface area (Å²) in [5.74, 6) is 0. The number of rotatable bonds is 0. The molecule has 0 bridgehead atoms. The first-order valence-electron chi connectivity index (χ1n) is 5.32. The first kappa shape index (κ1) is 11.7. The zero-order valence-corrected chi connectivity index (χ0v) is 10.7. The summed E-state index contributed by atoms with van der Waals surface area (Å²) in [4.78, 5) is 8.21. The van der Waals surface area contributed by atoms with Crippen LogP contribution in [-0.2, 0) is 0 Å². The van der Waals surface area contributed by atoms with E-state index in [1.54, 1.807) is 24.5 Å². The molecule has 90 valence electrons. The Morgan fingerprint density at radius 1 is 1.00 bits per heavy atom. The van der Waals surface area contributed by atoms with Crippen LogP contribution in [0, 0.1) is 0 Å². The number of hydrogen-bond acceptors (Lipinski definition) is 3. The Kier molecular flexibility index (Phi) is 2.82. The Bertz CT molecular complexity index is 600. The van der Waals surface area contributed by atoms with Gasteiger partial charge in [-0.3, -0.25) is 4.98 Å². The van der Waals surface area contributed by atoms with Gasteiger partial charge in [0.15, 0.2) is 0 Å². The van der Waals surface area contributed by atoms with Crippen LogP contribution in [0.1, 0.15) is 28.5 Å². The largest absolute Gasteiger partial charge is 0.384 e. The maximum atomic E-state index is 10.4. The van der Waals surface area contributed by atoms with E-state index in [-0.39, 0.29) is 0 Å². The topological polar surface area (TPSA) is 46.0 Å². The second-order valence-corrected chi connectivity index (χ2v) is 4.82. The first-order chi connectivity index (χ1) is 8.65. The Labute approximate surface area is 114 Å². The smallest absolute Gasteiger partial charge is 0.129 e. The molecule has 2 heterocycles. The molecule has 1 atom stereocenters. The fourth-order valence-electron chi connectivity index (χ4n) is 1.99.